The van der Waals surface area contributed by atoms with Crippen molar-refractivity contribution in [2.45, 2.75) is 0 Å². The molecule has 1 saturated heterocycles. The van der Waals surface area contributed by atoms with Crippen LogP contribution in [0.25, 0.3) is 5.82 Å². The van der Waals surface area contributed by atoms with Crippen LogP contribution >= 0.6 is 0 Å². The van der Waals surface area contributed by atoms with Crippen molar-refractivity contribution in [1.82, 2.24) is 29.9 Å². The second-order valence-corrected chi connectivity index (χ2v) is 6.06. The van der Waals surface area contributed by atoms with Gasteiger partial charge in [0.1, 0.15) is 12.7 Å². The highest BCUT2D eigenvalue weighted by molar-refractivity contribution is 5.94. The zero-order chi connectivity index (χ0) is 18.6. The highest BCUT2D eigenvalue weighted by Crippen LogP contribution is 2.15. The molecule has 9 nitrogen and oxygen atoms in total. The van der Waals surface area contributed by atoms with Crippen LogP contribution in [0.3, 0.4) is 0 Å². The van der Waals surface area contributed by atoms with E-state index in [1.54, 1.807) is 35.3 Å². The molecule has 134 valence electrons. The Hall–Kier alpha value is -3.80. The molecule has 4 rings (SSSR count). The van der Waals surface area contributed by atoms with Gasteiger partial charge in [0.05, 0.1) is 11.6 Å². The molecular formula is C18H16N8O. The summed E-state index contributed by atoms with van der Waals surface area (Å²) in [4.78, 5) is 20.4. The molecule has 0 unspecified atom stereocenters. The van der Waals surface area contributed by atoms with E-state index in [1.165, 1.54) is 6.33 Å². The predicted molar refractivity (Wildman–Crippen MR) is 96.2 cm³/mol. The van der Waals surface area contributed by atoms with Gasteiger partial charge in [-0.3, -0.25) is 4.79 Å². The maximum absolute atomic E-state index is 12.6. The molecule has 3 heterocycles. The molecule has 2 aromatic heterocycles. The third-order valence-corrected chi connectivity index (χ3v) is 4.44. The molecule has 1 aliphatic rings. The summed E-state index contributed by atoms with van der Waals surface area (Å²) in [5, 5.41) is 21.3. The smallest absolute Gasteiger partial charge is 0.253 e. The van der Waals surface area contributed by atoms with Crippen LogP contribution in [0.4, 0.5) is 5.82 Å². The Bertz CT molecular complexity index is 952. The number of rotatable bonds is 3. The molecule has 0 N–H and O–H groups in total. The number of nitrogens with zero attached hydrogens (tertiary/aromatic N) is 8. The Balaban J connectivity index is 1.38. The number of benzene rings is 1. The van der Waals surface area contributed by atoms with E-state index in [0.717, 1.165) is 5.82 Å². The predicted octanol–water partition coefficient (Wildman–Crippen LogP) is 0.891. The fraction of sp³-hybridized carbons (Fsp3) is 0.222. The zero-order valence-electron chi connectivity index (χ0n) is 14.4. The van der Waals surface area contributed by atoms with Crippen LogP contribution in [0.15, 0.2) is 49.1 Å². The molecule has 1 amide bonds. The van der Waals surface area contributed by atoms with Crippen molar-refractivity contribution in [2.24, 2.45) is 0 Å². The second kappa shape index (κ2) is 7.21. The lowest BCUT2D eigenvalue weighted by Crippen LogP contribution is -2.49. The first-order valence-corrected chi connectivity index (χ1v) is 8.48. The molecule has 1 aliphatic heterocycles. The second-order valence-electron chi connectivity index (χ2n) is 6.06. The Morgan fingerprint density at radius 3 is 2.26 bits per heavy atom. The average Bonchev–Trinajstić information content (AvgIpc) is 3.28. The van der Waals surface area contributed by atoms with Gasteiger partial charge < -0.3 is 9.80 Å². The van der Waals surface area contributed by atoms with Crippen molar-refractivity contribution in [3.8, 4) is 11.9 Å². The van der Waals surface area contributed by atoms with Crippen LogP contribution in [-0.2, 0) is 0 Å². The fourth-order valence-corrected chi connectivity index (χ4v) is 2.94. The molecule has 0 bridgehead atoms. The lowest BCUT2D eigenvalue weighted by atomic mass is 10.1. The summed E-state index contributed by atoms with van der Waals surface area (Å²) < 4.78 is 1.55. The molecular weight excluding hydrogens is 344 g/mol. The van der Waals surface area contributed by atoms with Crippen molar-refractivity contribution in [3.05, 3.63) is 60.2 Å². The van der Waals surface area contributed by atoms with Crippen molar-refractivity contribution in [3.63, 3.8) is 0 Å². The Morgan fingerprint density at radius 1 is 0.963 bits per heavy atom. The Morgan fingerprint density at radius 2 is 1.67 bits per heavy atom. The average molecular weight is 360 g/mol. The summed E-state index contributed by atoms with van der Waals surface area (Å²) in [6.07, 6.45) is 3.01. The van der Waals surface area contributed by atoms with Gasteiger partial charge in [-0.25, -0.2) is 9.67 Å². The molecule has 3 aromatic rings. The maximum atomic E-state index is 12.6. The van der Waals surface area contributed by atoms with E-state index in [4.69, 9.17) is 5.26 Å². The SMILES string of the molecule is N#Cc1ccc(C(=O)N2CCN(c3ccc(-n4cncn4)nn3)CC2)cc1. The zero-order valence-corrected chi connectivity index (χ0v) is 14.4. The Labute approximate surface area is 155 Å². The minimum Gasteiger partial charge on any atom is -0.352 e. The maximum Gasteiger partial charge on any atom is 0.253 e. The highest BCUT2D eigenvalue weighted by Gasteiger charge is 2.23. The van der Waals surface area contributed by atoms with Gasteiger partial charge in [0.2, 0.25) is 0 Å². The van der Waals surface area contributed by atoms with E-state index >= 15 is 0 Å². The molecule has 1 fully saturated rings. The van der Waals surface area contributed by atoms with Gasteiger partial charge in [-0.1, -0.05) is 0 Å². The minimum absolute atomic E-state index is 0.0215. The van der Waals surface area contributed by atoms with Gasteiger partial charge in [-0.2, -0.15) is 10.4 Å². The number of nitriles is 1. The molecule has 0 saturated carbocycles. The van der Waals surface area contributed by atoms with E-state index in [1.807, 2.05) is 17.0 Å². The molecule has 9 heteroatoms. The van der Waals surface area contributed by atoms with Gasteiger partial charge >= 0.3 is 0 Å². The lowest BCUT2D eigenvalue weighted by molar-refractivity contribution is 0.0746. The minimum atomic E-state index is -0.0215. The summed E-state index contributed by atoms with van der Waals surface area (Å²) in [7, 11) is 0. The number of piperazine rings is 1. The van der Waals surface area contributed by atoms with Gasteiger partial charge in [0.15, 0.2) is 11.6 Å². The van der Waals surface area contributed by atoms with E-state index in [0.29, 0.717) is 43.1 Å². The number of hydrogen-bond donors (Lipinski definition) is 0. The summed E-state index contributed by atoms with van der Waals surface area (Å²) in [6.45, 7) is 2.56. The number of amides is 1. The molecule has 0 radical (unpaired) electrons. The van der Waals surface area contributed by atoms with Gasteiger partial charge in [0.25, 0.3) is 5.91 Å². The third kappa shape index (κ3) is 3.46. The Kier molecular flexibility index (Phi) is 4.45. The van der Waals surface area contributed by atoms with Gasteiger partial charge in [-0.15, -0.1) is 10.2 Å². The summed E-state index contributed by atoms with van der Waals surface area (Å²) in [6, 6.07) is 12.5. The summed E-state index contributed by atoms with van der Waals surface area (Å²) >= 11 is 0. The third-order valence-electron chi connectivity index (χ3n) is 4.44. The quantitative estimate of drug-likeness (QED) is 0.683. The molecule has 0 atom stereocenters. The summed E-state index contributed by atoms with van der Waals surface area (Å²) in [5.41, 5.74) is 1.14. The standard InChI is InChI=1S/C18H16N8O/c19-11-14-1-3-15(4-2-14)18(27)25-9-7-24(8-10-25)16-5-6-17(23-22-16)26-13-20-12-21-26/h1-6,12-13H,7-10H2. The number of carbonyl (C=O) groups is 1. The van der Waals surface area contributed by atoms with Crippen LogP contribution in [0.5, 0.6) is 0 Å². The number of carbonyl (C=O) groups excluding carboxylic acids is 1. The first-order valence-electron chi connectivity index (χ1n) is 8.48. The van der Waals surface area contributed by atoms with Gasteiger partial charge in [-0.05, 0) is 36.4 Å². The van der Waals surface area contributed by atoms with E-state index in [2.05, 4.69) is 31.2 Å². The topological polar surface area (TPSA) is 104 Å². The molecule has 0 aliphatic carbocycles. The molecule has 1 aromatic carbocycles. The van der Waals surface area contributed by atoms with Crippen molar-refractivity contribution in [2.75, 3.05) is 31.1 Å². The largest absolute Gasteiger partial charge is 0.352 e. The van der Waals surface area contributed by atoms with Crippen LogP contribution in [0.1, 0.15) is 15.9 Å². The van der Waals surface area contributed by atoms with E-state index in [-0.39, 0.29) is 5.91 Å². The number of hydrogen-bond acceptors (Lipinski definition) is 7. The van der Waals surface area contributed by atoms with Crippen molar-refractivity contribution >= 4 is 11.7 Å². The van der Waals surface area contributed by atoms with Crippen LogP contribution < -0.4 is 4.90 Å². The van der Waals surface area contributed by atoms with Crippen LogP contribution in [0.2, 0.25) is 0 Å². The van der Waals surface area contributed by atoms with Gasteiger partial charge in [0, 0.05) is 31.7 Å². The van der Waals surface area contributed by atoms with Crippen LogP contribution in [0, 0.1) is 11.3 Å². The first-order chi connectivity index (χ1) is 13.2. The van der Waals surface area contributed by atoms with E-state index < -0.39 is 0 Å². The van der Waals surface area contributed by atoms with Crippen LogP contribution in [-0.4, -0.2) is 61.9 Å². The van der Waals surface area contributed by atoms with Crippen molar-refractivity contribution < 1.29 is 4.79 Å². The lowest BCUT2D eigenvalue weighted by Gasteiger charge is -2.35. The first kappa shape index (κ1) is 16.7. The van der Waals surface area contributed by atoms with Crippen molar-refractivity contribution in [1.29, 1.82) is 5.26 Å². The number of aromatic nitrogens is 5. The van der Waals surface area contributed by atoms with E-state index in [9.17, 15) is 4.79 Å². The molecule has 27 heavy (non-hydrogen) atoms. The number of anilines is 1. The summed E-state index contributed by atoms with van der Waals surface area (Å²) in [5.74, 6) is 1.35. The normalized spacial score (nSPS) is 14.0. The fourth-order valence-electron chi connectivity index (χ4n) is 2.94. The molecule has 0 spiro atoms. The monoisotopic (exact) mass is 360 g/mol. The highest BCUT2D eigenvalue weighted by atomic mass is 16.2.